The Labute approximate surface area is 246 Å². The van der Waals surface area contributed by atoms with Gasteiger partial charge in [-0.3, -0.25) is 10.1 Å². The molecular weight excluding hydrogens is 562 g/mol. The minimum atomic E-state index is -0.348. The molecule has 0 saturated carbocycles. The van der Waals surface area contributed by atoms with Gasteiger partial charge in [-0.1, -0.05) is 35.1 Å². The van der Waals surface area contributed by atoms with Gasteiger partial charge in [0.05, 0.1) is 38.7 Å². The Hall–Kier alpha value is -3.87. The number of para-hydroxylation sites is 1. The zero-order valence-electron chi connectivity index (χ0n) is 22.7. The number of hydrogen-bond donors (Lipinski definition) is 3. The van der Waals surface area contributed by atoms with Gasteiger partial charge < -0.3 is 15.5 Å². The second kappa shape index (κ2) is 11.6. The van der Waals surface area contributed by atoms with E-state index in [4.69, 9.17) is 21.7 Å². The summed E-state index contributed by atoms with van der Waals surface area (Å²) in [5.74, 6) is 0.0529. The highest BCUT2D eigenvalue weighted by atomic mass is 35.5. The summed E-state index contributed by atoms with van der Waals surface area (Å²) < 4.78 is 1.86. The Balaban J connectivity index is 1.25. The van der Waals surface area contributed by atoms with Crippen molar-refractivity contribution in [3.8, 4) is 27.5 Å². The van der Waals surface area contributed by atoms with Crippen LogP contribution in [-0.4, -0.2) is 73.8 Å². The number of likely N-dealkylation sites (tertiary alicyclic amines) is 1. The van der Waals surface area contributed by atoms with Gasteiger partial charge in [-0.05, 0) is 51.8 Å². The summed E-state index contributed by atoms with van der Waals surface area (Å²) >= 11 is 8.02. The van der Waals surface area contributed by atoms with E-state index in [-0.39, 0.29) is 24.0 Å². The smallest absolute Gasteiger partial charge is 0.321 e. The van der Waals surface area contributed by atoms with Crippen LogP contribution in [0.25, 0.3) is 27.5 Å². The molecule has 11 nitrogen and oxygen atoms in total. The quantitative estimate of drug-likeness (QED) is 0.297. The van der Waals surface area contributed by atoms with E-state index >= 15 is 0 Å². The van der Waals surface area contributed by atoms with Crippen molar-refractivity contribution in [2.24, 2.45) is 0 Å². The van der Waals surface area contributed by atoms with Gasteiger partial charge in [-0.15, -0.1) is 0 Å². The molecule has 6 rings (SSSR count). The molecule has 4 aromatic rings. The van der Waals surface area contributed by atoms with E-state index in [9.17, 15) is 9.59 Å². The number of benzene rings is 1. The number of hydrogen-bond acceptors (Lipinski definition) is 8. The number of carbonyl (C=O) groups excluding carboxylic acids is 2. The normalized spacial score (nSPS) is 16.7. The fraction of sp³-hybridized carbons (Fsp3) is 0.357. The third-order valence-electron chi connectivity index (χ3n) is 7.60. The van der Waals surface area contributed by atoms with Gasteiger partial charge in [0.25, 0.3) is 0 Å². The lowest BCUT2D eigenvalue weighted by molar-refractivity contribution is -0.133. The van der Waals surface area contributed by atoms with Crippen LogP contribution in [0.4, 0.5) is 9.93 Å². The van der Waals surface area contributed by atoms with Gasteiger partial charge in [0, 0.05) is 42.7 Å². The summed E-state index contributed by atoms with van der Waals surface area (Å²) in [6.45, 7) is 2.93. The van der Waals surface area contributed by atoms with E-state index in [1.165, 1.54) is 17.7 Å². The van der Waals surface area contributed by atoms with E-state index in [1.54, 1.807) is 19.4 Å². The molecule has 0 radical (unpaired) electrons. The average Bonchev–Trinajstić information content (AvgIpc) is 3.72. The molecule has 0 unspecified atom stereocenters. The zero-order chi connectivity index (χ0) is 28.5. The molecule has 3 amide bonds. The summed E-state index contributed by atoms with van der Waals surface area (Å²) in [5.41, 5.74) is 5.25. The zero-order valence-corrected chi connectivity index (χ0v) is 24.3. The number of nitrogens with one attached hydrogen (secondary N) is 3. The SMILES string of the molecule is CN[C@H](C)C(=O)N1CCC[C@@H]1CNC(=O)Nc1nc2c(s1)-c1c(c(-c3cncnc3)nn1-c1ccccc1Cl)CC2. The van der Waals surface area contributed by atoms with E-state index < -0.39 is 0 Å². The Kier molecular flexibility index (Phi) is 7.69. The van der Waals surface area contributed by atoms with Gasteiger partial charge in [0.15, 0.2) is 5.13 Å². The van der Waals surface area contributed by atoms with Crippen molar-refractivity contribution in [1.82, 2.24) is 40.3 Å². The molecule has 212 valence electrons. The number of urea groups is 1. The number of thiazole rings is 1. The third-order valence-corrected chi connectivity index (χ3v) is 8.94. The van der Waals surface area contributed by atoms with E-state index in [0.29, 0.717) is 29.7 Å². The average molecular weight is 592 g/mol. The maximum absolute atomic E-state index is 12.9. The predicted octanol–water partition coefficient (Wildman–Crippen LogP) is 3.93. The van der Waals surface area contributed by atoms with Crippen molar-refractivity contribution in [1.29, 1.82) is 0 Å². The van der Waals surface area contributed by atoms with E-state index in [0.717, 1.165) is 58.0 Å². The Morgan fingerprint density at radius 3 is 2.78 bits per heavy atom. The number of halogens is 1. The maximum atomic E-state index is 12.9. The first-order valence-electron chi connectivity index (χ1n) is 13.6. The third kappa shape index (κ3) is 5.30. The van der Waals surface area contributed by atoms with Crippen molar-refractivity contribution < 1.29 is 9.59 Å². The van der Waals surface area contributed by atoms with Gasteiger partial charge in [0.2, 0.25) is 5.91 Å². The molecule has 1 aliphatic carbocycles. The molecule has 2 aliphatic rings. The number of amides is 3. The first-order valence-corrected chi connectivity index (χ1v) is 14.8. The number of anilines is 1. The number of fused-ring (bicyclic) bond motifs is 3. The van der Waals surface area contributed by atoms with Crippen LogP contribution in [0.3, 0.4) is 0 Å². The lowest BCUT2D eigenvalue weighted by Crippen LogP contribution is -2.49. The summed E-state index contributed by atoms with van der Waals surface area (Å²) in [5, 5.41) is 14.9. The highest BCUT2D eigenvalue weighted by Gasteiger charge is 2.32. The molecule has 3 N–H and O–H groups in total. The molecule has 1 saturated heterocycles. The number of likely N-dealkylation sites (N-methyl/N-ethyl adjacent to an activating group) is 1. The molecule has 0 spiro atoms. The standard InChI is InChI=1S/C28H30ClN9O2S/c1-16(30-2)26(39)37-11-5-6-18(37)14-33-27(40)35-28-34-21-10-9-19-23(17-12-31-15-32-13-17)36-38(24(19)25(21)41-28)22-8-4-3-7-20(22)29/h3-4,7-8,12-13,15-16,18,30H,5-6,9-11,14H2,1-2H3,(H2,33,34,35,40)/t16-,18-/m1/s1. The Morgan fingerprint density at radius 1 is 1.20 bits per heavy atom. The van der Waals surface area contributed by atoms with Crippen LogP contribution in [-0.2, 0) is 17.6 Å². The lowest BCUT2D eigenvalue weighted by atomic mass is 9.96. The number of aryl methyl sites for hydroxylation is 1. The molecule has 1 aromatic carbocycles. The molecule has 13 heteroatoms. The first-order chi connectivity index (χ1) is 19.9. The minimum absolute atomic E-state index is 0.0264. The van der Waals surface area contributed by atoms with Gasteiger partial charge >= 0.3 is 6.03 Å². The Bertz CT molecular complexity index is 1590. The highest BCUT2D eigenvalue weighted by molar-refractivity contribution is 7.19. The molecule has 0 bridgehead atoms. The maximum Gasteiger partial charge on any atom is 0.321 e. The van der Waals surface area contributed by atoms with Crippen LogP contribution in [0, 0.1) is 0 Å². The van der Waals surface area contributed by atoms with Crippen LogP contribution >= 0.6 is 22.9 Å². The van der Waals surface area contributed by atoms with Gasteiger partial charge in [-0.2, -0.15) is 5.10 Å². The first kappa shape index (κ1) is 27.3. The predicted molar refractivity (Wildman–Crippen MR) is 158 cm³/mol. The number of carbonyl (C=O) groups is 2. The van der Waals surface area contributed by atoms with Crippen LogP contribution in [0.1, 0.15) is 31.0 Å². The number of rotatable bonds is 7. The summed E-state index contributed by atoms with van der Waals surface area (Å²) in [6, 6.07) is 6.94. The second-order valence-corrected chi connectivity index (χ2v) is 11.5. The Morgan fingerprint density at radius 2 is 2.00 bits per heavy atom. The molecule has 41 heavy (non-hydrogen) atoms. The molecule has 1 aliphatic heterocycles. The number of aromatic nitrogens is 5. The van der Waals surface area contributed by atoms with Crippen molar-refractivity contribution in [2.75, 3.05) is 25.5 Å². The van der Waals surface area contributed by atoms with Crippen molar-refractivity contribution in [3.05, 3.63) is 59.3 Å². The minimum Gasteiger partial charge on any atom is -0.337 e. The fourth-order valence-electron chi connectivity index (χ4n) is 5.44. The molecule has 4 heterocycles. The molecule has 2 atom stereocenters. The molecular formula is C28H30ClN9O2S. The number of nitrogens with zero attached hydrogens (tertiary/aromatic N) is 6. The van der Waals surface area contributed by atoms with E-state index in [1.807, 2.05) is 40.8 Å². The highest BCUT2D eigenvalue weighted by Crippen LogP contribution is 2.44. The van der Waals surface area contributed by atoms with E-state index in [2.05, 4.69) is 25.9 Å². The van der Waals surface area contributed by atoms with Gasteiger partial charge in [0.1, 0.15) is 6.33 Å². The van der Waals surface area contributed by atoms with Crippen molar-refractivity contribution in [2.45, 2.75) is 44.7 Å². The summed E-state index contributed by atoms with van der Waals surface area (Å²) in [4.78, 5) is 41.5. The largest absolute Gasteiger partial charge is 0.337 e. The van der Waals surface area contributed by atoms with Crippen LogP contribution in [0.5, 0.6) is 0 Å². The van der Waals surface area contributed by atoms with Crippen molar-refractivity contribution in [3.63, 3.8) is 0 Å². The lowest BCUT2D eigenvalue weighted by Gasteiger charge is -2.27. The summed E-state index contributed by atoms with van der Waals surface area (Å²) in [6.07, 6.45) is 8.22. The van der Waals surface area contributed by atoms with Crippen LogP contribution < -0.4 is 16.0 Å². The molecule has 3 aromatic heterocycles. The van der Waals surface area contributed by atoms with Crippen molar-refractivity contribution >= 4 is 40.0 Å². The van der Waals surface area contributed by atoms with Gasteiger partial charge in [-0.25, -0.2) is 24.4 Å². The monoisotopic (exact) mass is 591 g/mol. The summed E-state index contributed by atoms with van der Waals surface area (Å²) in [7, 11) is 1.77. The molecule has 1 fully saturated rings. The fourth-order valence-corrected chi connectivity index (χ4v) is 6.72. The topological polar surface area (TPSA) is 130 Å². The van der Waals surface area contributed by atoms with Crippen LogP contribution in [0.15, 0.2) is 43.0 Å². The van der Waals surface area contributed by atoms with Crippen LogP contribution in [0.2, 0.25) is 5.02 Å². The second-order valence-electron chi connectivity index (χ2n) is 10.1.